The number of carbonyl (C=O) groups is 1. The summed E-state index contributed by atoms with van der Waals surface area (Å²) in [5.41, 5.74) is 7.29. The number of hydrogen-bond donors (Lipinski definition) is 0. The average Bonchev–Trinajstić information content (AvgIpc) is 3.20. The van der Waals surface area contributed by atoms with Crippen LogP contribution in [0.2, 0.25) is 0 Å². The van der Waals surface area contributed by atoms with Gasteiger partial charge in [-0.1, -0.05) is 59.9 Å². The highest BCUT2D eigenvalue weighted by Crippen LogP contribution is 2.32. The van der Waals surface area contributed by atoms with Crippen LogP contribution in [-0.2, 0) is 11.8 Å². The topological polar surface area (TPSA) is 33.4 Å². The van der Waals surface area contributed by atoms with Gasteiger partial charge < -0.3 is 9.64 Å². The Morgan fingerprint density at radius 1 is 0.941 bits per heavy atom. The molecule has 0 spiro atoms. The number of methoxy groups -OCH3 is 1. The summed E-state index contributed by atoms with van der Waals surface area (Å²) >= 11 is 1.76. The maximum atomic E-state index is 11.9. The first-order valence-corrected chi connectivity index (χ1v) is 11.9. The van der Waals surface area contributed by atoms with Gasteiger partial charge in [-0.2, -0.15) is 4.57 Å². The smallest absolute Gasteiger partial charge is 0.337 e. The van der Waals surface area contributed by atoms with Gasteiger partial charge in [-0.3, -0.25) is 0 Å². The van der Waals surface area contributed by atoms with Gasteiger partial charge in [0, 0.05) is 30.6 Å². The number of aryl methyl sites for hydroxylation is 1. The van der Waals surface area contributed by atoms with E-state index in [4.69, 9.17) is 4.74 Å². The number of hydrogen-bond acceptors (Lipinski definition) is 4. The summed E-state index contributed by atoms with van der Waals surface area (Å²) < 4.78 is 8.33. The van der Waals surface area contributed by atoms with Crippen molar-refractivity contribution in [2.24, 2.45) is 7.05 Å². The molecule has 1 aliphatic heterocycles. The Morgan fingerprint density at radius 2 is 1.65 bits per heavy atom. The number of nitrogens with zero attached hydrogens (tertiary/aromatic N) is 2. The zero-order chi connectivity index (χ0) is 23.7. The summed E-state index contributed by atoms with van der Waals surface area (Å²) in [6.45, 7) is 0. The van der Waals surface area contributed by atoms with E-state index in [1.54, 1.807) is 11.3 Å². The Hall–Kier alpha value is -3.96. The summed E-state index contributed by atoms with van der Waals surface area (Å²) in [6, 6.07) is 24.4. The number of para-hydroxylation sites is 2. The molecule has 0 amide bonds. The summed E-state index contributed by atoms with van der Waals surface area (Å²) in [6.07, 6.45) is 8.71. The monoisotopic (exact) mass is 465 g/mol. The van der Waals surface area contributed by atoms with Crippen LogP contribution in [-0.4, -0.2) is 20.1 Å². The van der Waals surface area contributed by atoms with Crippen LogP contribution in [0.15, 0.2) is 90.6 Å². The highest BCUT2D eigenvalue weighted by atomic mass is 32.1. The van der Waals surface area contributed by atoms with Crippen LogP contribution in [0, 0.1) is 0 Å². The van der Waals surface area contributed by atoms with E-state index < -0.39 is 0 Å². The molecule has 3 aromatic carbocycles. The third-order valence-electron chi connectivity index (χ3n) is 6.11. The molecule has 2 heterocycles. The summed E-state index contributed by atoms with van der Waals surface area (Å²) in [5, 5.41) is 1.15. The Labute approximate surface area is 203 Å². The third-order valence-corrected chi connectivity index (χ3v) is 7.28. The third kappa shape index (κ3) is 4.06. The first-order valence-electron chi connectivity index (χ1n) is 11.1. The number of aromatic nitrogens is 1. The van der Waals surface area contributed by atoms with Gasteiger partial charge in [0.15, 0.2) is 0 Å². The van der Waals surface area contributed by atoms with E-state index in [1.165, 1.54) is 28.6 Å². The van der Waals surface area contributed by atoms with Crippen LogP contribution >= 0.6 is 11.3 Å². The lowest BCUT2D eigenvalue weighted by molar-refractivity contribution is -0.642. The number of anilines is 1. The number of esters is 1. The van der Waals surface area contributed by atoms with Crippen molar-refractivity contribution in [1.29, 1.82) is 0 Å². The molecule has 0 saturated heterocycles. The van der Waals surface area contributed by atoms with Gasteiger partial charge >= 0.3 is 5.97 Å². The fourth-order valence-corrected chi connectivity index (χ4v) is 5.27. The van der Waals surface area contributed by atoms with Gasteiger partial charge in [0.1, 0.15) is 11.7 Å². The van der Waals surface area contributed by atoms with E-state index in [-0.39, 0.29) is 5.97 Å². The molecule has 34 heavy (non-hydrogen) atoms. The predicted octanol–water partition coefficient (Wildman–Crippen LogP) is 6.10. The van der Waals surface area contributed by atoms with Crippen molar-refractivity contribution in [3.05, 3.63) is 112 Å². The van der Waals surface area contributed by atoms with Gasteiger partial charge in [-0.25, -0.2) is 4.79 Å². The van der Waals surface area contributed by atoms with E-state index in [0.29, 0.717) is 5.56 Å². The molecule has 168 valence electrons. The standard InChI is InChI=1S/C29H25N2O2S/c1-30-24(17-16-21-8-4-5-9-25(21)30)18-23(20-12-14-22(15-13-20)29(32)33-3)19-28-31(2)26-10-6-7-11-27(26)34-28/h4-19H,1-3H3/q+1. The molecule has 0 N–H and O–H groups in total. The first-order chi connectivity index (χ1) is 16.5. The van der Waals surface area contributed by atoms with E-state index in [0.717, 1.165) is 21.8 Å². The van der Waals surface area contributed by atoms with Crippen molar-refractivity contribution >= 4 is 50.9 Å². The lowest BCUT2D eigenvalue weighted by Gasteiger charge is -2.26. The Morgan fingerprint density at radius 3 is 2.41 bits per heavy atom. The zero-order valence-corrected chi connectivity index (χ0v) is 20.2. The van der Waals surface area contributed by atoms with Gasteiger partial charge in [0.25, 0.3) is 5.01 Å². The Kier molecular flexibility index (Phi) is 5.86. The molecule has 0 fully saturated rings. The van der Waals surface area contributed by atoms with E-state index in [2.05, 4.69) is 96.4 Å². The molecular formula is C29H25N2O2S+. The van der Waals surface area contributed by atoms with Crippen molar-refractivity contribution in [2.45, 2.75) is 0 Å². The van der Waals surface area contributed by atoms with Gasteiger partial charge in [-0.15, -0.1) is 0 Å². The molecule has 0 unspecified atom stereocenters. The molecule has 1 aromatic heterocycles. The van der Waals surface area contributed by atoms with Crippen molar-refractivity contribution in [1.82, 2.24) is 0 Å². The number of ether oxygens (including phenoxy) is 1. The normalized spacial score (nSPS) is 14.5. The Bertz CT molecular complexity index is 1480. The number of benzene rings is 3. The minimum Gasteiger partial charge on any atom is -0.465 e. The first kappa shape index (κ1) is 21.9. The lowest BCUT2D eigenvalue weighted by atomic mass is 10.00. The maximum absolute atomic E-state index is 11.9. The molecule has 5 heteroatoms. The predicted molar refractivity (Wildman–Crippen MR) is 141 cm³/mol. The van der Waals surface area contributed by atoms with Crippen LogP contribution in [0.25, 0.3) is 27.9 Å². The fourth-order valence-electron chi connectivity index (χ4n) is 4.17. The molecular weight excluding hydrogens is 440 g/mol. The molecule has 4 nitrogen and oxygen atoms in total. The number of fused-ring (bicyclic) bond motifs is 2. The van der Waals surface area contributed by atoms with Crippen LogP contribution in [0.4, 0.5) is 5.69 Å². The average molecular weight is 466 g/mol. The molecule has 0 aliphatic carbocycles. The summed E-state index contributed by atoms with van der Waals surface area (Å²) in [4.78, 5) is 14.1. The molecule has 0 radical (unpaired) electrons. The molecule has 0 bridgehead atoms. The van der Waals surface area contributed by atoms with E-state index in [1.807, 2.05) is 24.3 Å². The van der Waals surface area contributed by atoms with Crippen LogP contribution < -0.4 is 9.47 Å². The minimum absolute atomic E-state index is 0.335. The van der Waals surface area contributed by atoms with Gasteiger partial charge in [-0.05, 0) is 53.1 Å². The number of thiazole rings is 1. The van der Waals surface area contributed by atoms with Gasteiger partial charge in [0.2, 0.25) is 5.52 Å². The van der Waals surface area contributed by atoms with E-state index in [9.17, 15) is 4.79 Å². The van der Waals surface area contributed by atoms with Crippen LogP contribution in [0.3, 0.4) is 0 Å². The number of allylic oxidation sites excluding steroid dienone is 3. The summed E-state index contributed by atoms with van der Waals surface area (Å²) in [7, 11) is 5.58. The largest absolute Gasteiger partial charge is 0.465 e. The van der Waals surface area contributed by atoms with E-state index >= 15 is 0 Å². The number of likely N-dealkylation sites (N-methyl/N-ethyl adjacent to an activating group) is 1. The molecule has 1 aliphatic rings. The SMILES string of the molecule is COC(=O)c1ccc(C(=C\c2sc3ccccc3[n+]2C)/C=C2\C=Cc3ccccc3N2C)cc1. The minimum atomic E-state index is -0.335. The molecule has 4 aromatic rings. The molecule has 0 saturated carbocycles. The maximum Gasteiger partial charge on any atom is 0.337 e. The molecule has 0 atom stereocenters. The number of carbonyl (C=O) groups excluding carboxylic acids is 1. The van der Waals surface area contributed by atoms with Crippen LogP contribution in [0.1, 0.15) is 26.5 Å². The van der Waals surface area contributed by atoms with Crippen LogP contribution in [0.5, 0.6) is 0 Å². The fraction of sp³-hybridized carbons (Fsp3) is 0.103. The second kappa shape index (κ2) is 9.12. The van der Waals surface area contributed by atoms with Crippen molar-refractivity contribution in [2.75, 3.05) is 19.1 Å². The van der Waals surface area contributed by atoms with Crippen molar-refractivity contribution in [3.63, 3.8) is 0 Å². The van der Waals surface area contributed by atoms with Crippen molar-refractivity contribution < 1.29 is 14.1 Å². The quantitative estimate of drug-likeness (QED) is 0.270. The van der Waals surface area contributed by atoms with Gasteiger partial charge in [0.05, 0.1) is 12.7 Å². The number of rotatable bonds is 4. The van der Waals surface area contributed by atoms with Crippen molar-refractivity contribution in [3.8, 4) is 0 Å². The lowest BCUT2D eigenvalue weighted by Crippen LogP contribution is -2.28. The summed E-state index contributed by atoms with van der Waals surface area (Å²) in [5.74, 6) is -0.335. The molecule has 5 rings (SSSR count). The second-order valence-corrected chi connectivity index (χ2v) is 9.22. The zero-order valence-electron chi connectivity index (χ0n) is 19.4. The highest BCUT2D eigenvalue weighted by molar-refractivity contribution is 7.18. The second-order valence-electron chi connectivity index (χ2n) is 8.16. The highest BCUT2D eigenvalue weighted by Gasteiger charge is 2.18. The Balaban J connectivity index is 1.63.